The van der Waals surface area contributed by atoms with Crippen LogP contribution in [0.25, 0.3) is 6.08 Å². The fourth-order valence-corrected chi connectivity index (χ4v) is 3.04. The van der Waals surface area contributed by atoms with Crippen LogP contribution in [-0.2, 0) is 4.79 Å². The SMILES string of the molecule is C[C@@H]1CCCC[C@H]1NC(=O)/C(C#N)=C/c1ccc(Cl)c([N+](=O)[O-])c1. The van der Waals surface area contributed by atoms with E-state index in [1.54, 1.807) is 0 Å². The van der Waals surface area contributed by atoms with Gasteiger partial charge in [-0.05, 0) is 36.5 Å². The van der Waals surface area contributed by atoms with E-state index in [1.165, 1.54) is 24.3 Å². The van der Waals surface area contributed by atoms with Crippen molar-refractivity contribution < 1.29 is 9.72 Å². The Hall–Kier alpha value is -2.39. The number of carbonyl (C=O) groups is 1. The number of benzene rings is 1. The molecular formula is C17H18ClN3O3. The summed E-state index contributed by atoms with van der Waals surface area (Å²) in [6.07, 6.45) is 5.51. The molecule has 0 unspecified atom stereocenters. The van der Waals surface area contributed by atoms with Crippen molar-refractivity contribution in [3.8, 4) is 6.07 Å². The lowest BCUT2D eigenvalue weighted by molar-refractivity contribution is -0.384. The first-order valence-corrected chi connectivity index (χ1v) is 8.16. The molecule has 0 spiro atoms. The summed E-state index contributed by atoms with van der Waals surface area (Å²) in [6.45, 7) is 2.09. The lowest BCUT2D eigenvalue weighted by Crippen LogP contribution is -2.41. The Morgan fingerprint density at radius 1 is 1.46 bits per heavy atom. The van der Waals surface area contributed by atoms with Gasteiger partial charge in [0.2, 0.25) is 0 Å². The van der Waals surface area contributed by atoms with Crippen LogP contribution in [-0.4, -0.2) is 16.9 Å². The third-order valence-electron chi connectivity index (χ3n) is 4.27. The van der Waals surface area contributed by atoms with Crippen molar-refractivity contribution in [1.29, 1.82) is 5.26 Å². The van der Waals surface area contributed by atoms with Gasteiger partial charge in [-0.2, -0.15) is 5.26 Å². The summed E-state index contributed by atoms with van der Waals surface area (Å²) in [6, 6.07) is 6.08. The Balaban J connectivity index is 2.19. The molecular weight excluding hydrogens is 330 g/mol. The van der Waals surface area contributed by atoms with Crippen LogP contribution in [0.15, 0.2) is 23.8 Å². The number of nitrogens with one attached hydrogen (secondary N) is 1. The van der Waals surface area contributed by atoms with Crippen molar-refractivity contribution >= 4 is 29.3 Å². The molecule has 24 heavy (non-hydrogen) atoms. The Kier molecular flexibility index (Phi) is 5.93. The molecule has 0 bridgehead atoms. The van der Waals surface area contributed by atoms with Crippen molar-refractivity contribution in [2.45, 2.75) is 38.6 Å². The molecule has 6 nitrogen and oxygen atoms in total. The molecule has 1 fully saturated rings. The first-order valence-electron chi connectivity index (χ1n) is 7.79. The fraction of sp³-hybridized carbons (Fsp3) is 0.412. The van der Waals surface area contributed by atoms with E-state index in [-0.39, 0.29) is 22.3 Å². The van der Waals surface area contributed by atoms with Crippen molar-refractivity contribution in [1.82, 2.24) is 5.32 Å². The highest BCUT2D eigenvalue weighted by Crippen LogP contribution is 2.26. The number of nitrogens with zero attached hydrogens (tertiary/aromatic N) is 2. The maximum atomic E-state index is 12.3. The normalized spacial score (nSPS) is 21.0. The summed E-state index contributed by atoms with van der Waals surface area (Å²) in [5.41, 5.74) is 0.0444. The summed E-state index contributed by atoms with van der Waals surface area (Å²) in [5.74, 6) is -0.0758. The molecule has 0 aliphatic heterocycles. The van der Waals surface area contributed by atoms with Gasteiger partial charge in [0.05, 0.1) is 4.92 Å². The van der Waals surface area contributed by atoms with Crippen molar-refractivity contribution in [3.05, 3.63) is 44.5 Å². The second kappa shape index (κ2) is 7.93. The average molecular weight is 348 g/mol. The zero-order valence-corrected chi connectivity index (χ0v) is 14.0. The predicted molar refractivity (Wildman–Crippen MR) is 91.3 cm³/mol. The van der Waals surface area contributed by atoms with Crippen LogP contribution >= 0.6 is 11.6 Å². The first-order chi connectivity index (χ1) is 11.4. The zero-order valence-electron chi connectivity index (χ0n) is 13.3. The minimum Gasteiger partial charge on any atom is -0.348 e. The molecule has 0 heterocycles. The Bertz CT molecular complexity index is 724. The van der Waals surface area contributed by atoms with Crippen molar-refractivity contribution in [2.75, 3.05) is 0 Å². The van der Waals surface area contributed by atoms with E-state index in [4.69, 9.17) is 11.6 Å². The maximum Gasteiger partial charge on any atom is 0.288 e. The van der Waals surface area contributed by atoms with Gasteiger partial charge in [0, 0.05) is 12.1 Å². The smallest absolute Gasteiger partial charge is 0.288 e. The van der Waals surface area contributed by atoms with Crippen LogP contribution < -0.4 is 5.32 Å². The number of nitriles is 1. The number of amides is 1. The van der Waals surface area contributed by atoms with Gasteiger partial charge < -0.3 is 5.32 Å². The fourth-order valence-electron chi connectivity index (χ4n) is 2.85. The third-order valence-corrected chi connectivity index (χ3v) is 4.59. The Labute approximate surface area is 145 Å². The van der Waals surface area contributed by atoms with Gasteiger partial charge in [-0.25, -0.2) is 0 Å². The largest absolute Gasteiger partial charge is 0.348 e. The molecule has 1 aromatic rings. The van der Waals surface area contributed by atoms with Crippen LogP contribution in [0.5, 0.6) is 0 Å². The number of hydrogen-bond donors (Lipinski definition) is 1. The highest BCUT2D eigenvalue weighted by atomic mass is 35.5. The van der Waals surface area contributed by atoms with Crippen molar-refractivity contribution in [3.63, 3.8) is 0 Å². The minimum absolute atomic E-state index is 0.0103. The number of rotatable bonds is 4. The van der Waals surface area contributed by atoms with Crippen LogP contribution in [0.1, 0.15) is 38.2 Å². The van der Waals surface area contributed by atoms with Crippen LogP contribution in [0.2, 0.25) is 5.02 Å². The molecule has 1 saturated carbocycles. The number of hydrogen-bond acceptors (Lipinski definition) is 4. The van der Waals surface area contributed by atoms with Gasteiger partial charge >= 0.3 is 0 Å². The molecule has 7 heteroatoms. The third kappa shape index (κ3) is 4.33. The van der Waals surface area contributed by atoms with E-state index >= 15 is 0 Å². The Morgan fingerprint density at radius 2 is 2.17 bits per heavy atom. The first kappa shape index (κ1) is 18.0. The number of halogens is 1. The van der Waals surface area contributed by atoms with Crippen LogP contribution in [0, 0.1) is 27.4 Å². The molecule has 1 aliphatic rings. The quantitative estimate of drug-likeness (QED) is 0.387. The standard InChI is InChI=1S/C17H18ClN3O3/c1-11-4-2-3-5-15(11)20-17(22)13(10-19)8-12-6-7-14(18)16(9-12)21(23)24/h6-9,11,15H,2-5H2,1H3,(H,20,22)/b13-8+/t11-,15-/m1/s1. The monoisotopic (exact) mass is 347 g/mol. The molecule has 0 aromatic heterocycles. The topological polar surface area (TPSA) is 96.0 Å². The van der Waals surface area contributed by atoms with Crippen LogP contribution in [0.3, 0.4) is 0 Å². The predicted octanol–water partition coefficient (Wildman–Crippen LogP) is 3.85. The van der Waals surface area contributed by atoms with E-state index in [2.05, 4.69) is 12.2 Å². The molecule has 2 rings (SSSR count). The molecule has 1 amide bonds. The van der Waals surface area contributed by atoms with Gasteiger partial charge in [-0.3, -0.25) is 14.9 Å². The molecule has 2 atom stereocenters. The lowest BCUT2D eigenvalue weighted by Gasteiger charge is -2.29. The van der Waals surface area contributed by atoms with Crippen LogP contribution in [0.4, 0.5) is 5.69 Å². The van der Waals surface area contributed by atoms with Gasteiger partial charge in [0.1, 0.15) is 16.7 Å². The summed E-state index contributed by atoms with van der Waals surface area (Å²) in [5, 5.41) is 23.1. The highest BCUT2D eigenvalue weighted by molar-refractivity contribution is 6.32. The second-order valence-electron chi connectivity index (χ2n) is 5.98. The summed E-state index contributed by atoms with van der Waals surface area (Å²) >= 11 is 5.76. The van der Waals surface area contributed by atoms with Crippen molar-refractivity contribution in [2.24, 2.45) is 5.92 Å². The number of nitro benzene ring substituents is 1. The van der Waals surface area contributed by atoms with E-state index < -0.39 is 10.8 Å². The molecule has 0 saturated heterocycles. The summed E-state index contributed by atoms with van der Waals surface area (Å²) in [4.78, 5) is 22.6. The molecule has 1 aromatic carbocycles. The summed E-state index contributed by atoms with van der Waals surface area (Å²) in [7, 11) is 0. The van der Waals surface area contributed by atoms with Gasteiger partial charge in [-0.1, -0.05) is 37.4 Å². The second-order valence-corrected chi connectivity index (χ2v) is 6.39. The molecule has 0 radical (unpaired) electrons. The molecule has 126 valence electrons. The van der Waals surface area contributed by atoms with E-state index in [0.29, 0.717) is 11.5 Å². The van der Waals surface area contributed by atoms with E-state index in [0.717, 1.165) is 25.7 Å². The average Bonchev–Trinajstić information content (AvgIpc) is 2.55. The summed E-state index contributed by atoms with van der Waals surface area (Å²) < 4.78 is 0. The molecule has 1 N–H and O–H groups in total. The van der Waals surface area contributed by atoms with Gasteiger partial charge in [0.25, 0.3) is 11.6 Å². The Morgan fingerprint density at radius 3 is 2.79 bits per heavy atom. The zero-order chi connectivity index (χ0) is 17.7. The highest BCUT2D eigenvalue weighted by Gasteiger charge is 2.24. The van der Waals surface area contributed by atoms with E-state index in [9.17, 15) is 20.2 Å². The number of nitro groups is 1. The van der Waals surface area contributed by atoms with Gasteiger partial charge in [-0.15, -0.1) is 0 Å². The van der Waals surface area contributed by atoms with E-state index in [1.807, 2.05) is 6.07 Å². The lowest BCUT2D eigenvalue weighted by atomic mass is 9.86. The number of carbonyl (C=O) groups excluding carboxylic acids is 1. The molecule has 1 aliphatic carbocycles. The minimum atomic E-state index is -0.602. The van der Waals surface area contributed by atoms with Gasteiger partial charge in [0.15, 0.2) is 0 Å². The maximum absolute atomic E-state index is 12.3.